The lowest BCUT2D eigenvalue weighted by Gasteiger charge is -2.27. The zero-order valence-corrected chi connectivity index (χ0v) is 17.4. The molecule has 0 aliphatic heterocycles. The predicted octanol–water partition coefficient (Wildman–Crippen LogP) is 4.76. The van der Waals surface area contributed by atoms with Gasteiger partial charge < -0.3 is 4.74 Å². The number of hydrogen-bond acceptors (Lipinski definition) is 5. The maximum Gasteiger partial charge on any atom is 0.416 e. The highest BCUT2D eigenvalue weighted by molar-refractivity contribution is 9.10. The van der Waals surface area contributed by atoms with Crippen LogP contribution in [0.4, 0.5) is 19.4 Å². The van der Waals surface area contributed by atoms with Gasteiger partial charge in [0.15, 0.2) is 5.82 Å². The van der Waals surface area contributed by atoms with Gasteiger partial charge in [0.2, 0.25) is 5.28 Å². The first-order chi connectivity index (χ1) is 13.0. The third kappa shape index (κ3) is 4.39. The Hall–Kier alpha value is -2.33. The Morgan fingerprint density at radius 2 is 1.96 bits per heavy atom. The fourth-order valence-corrected chi connectivity index (χ4v) is 2.99. The van der Waals surface area contributed by atoms with E-state index in [1.165, 1.54) is 4.52 Å². The van der Waals surface area contributed by atoms with E-state index < -0.39 is 29.9 Å². The van der Waals surface area contributed by atoms with E-state index >= 15 is 0 Å². The minimum Gasteiger partial charge on any atom is -0.443 e. The van der Waals surface area contributed by atoms with Crippen LogP contribution in [-0.2, 0) is 11.3 Å². The van der Waals surface area contributed by atoms with E-state index in [1.807, 2.05) is 0 Å². The number of carbonyl (C=O) groups excluding carboxylic acids is 1. The molecule has 0 aliphatic rings. The van der Waals surface area contributed by atoms with Gasteiger partial charge in [0.05, 0.1) is 18.9 Å². The summed E-state index contributed by atoms with van der Waals surface area (Å²) in [6.07, 6.45) is 2.48. The number of aromatic nitrogens is 4. The van der Waals surface area contributed by atoms with E-state index in [4.69, 9.17) is 16.3 Å². The number of carbonyl (C=O) groups is 1. The van der Waals surface area contributed by atoms with Crippen molar-refractivity contribution in [2.24, 2.45) is 0 Å². The fraction of sp³-hybridized carbons (Fsp3) is 0.294. The van der Waals surface area contributed by atoms with Crippen LogP contribution < -0.4 is 4.90 Å². The summed E-state index contributed by atoms with van der Waals surface area (Å²) in [7, 11) is 0. The zero-order valence-electron chi connectivity index (χ0n) is 15.1. The lowest BCUT2D eigenvalue weighted by atomic mass is 10.2. The number of anilines is 1. The fourth-order valence-electron chi connectivity index (χ4n) is 2.41. The largest absolute Gasteiger partial charge is 0.443 e. The second-order valence-corrected chi connectivity index (χ2v) is 8.09. The smallest absolute Gasteiger partial charge is 0.416 e. The SMILES string of the molecule is CC(C)(C)OC(=O)N(Cc1c(F)cncc1F)c1nc(Cl)nn2cc(Br)cc12. The van der Waals surface area contributed by atoms with Gasteiger partial charge in [-0.25, -0.2) is 18.1 Å². The van der Waals surface area contributed by atoms with E-state index in [0.29, 0.717) is 9.99 Å². The molecule has 11 heteroatoms. The van der Waals surface area contributed by atoms with Gasteiger partial charge in [-0.05, 0) is 54.4 Å². The Balaban J connectivity index is 2.15. The van der Waals surface area contributed by atoms with Gasteiger partial charge in [-0.3, -0.25) is 9.88 Å². The van der Waals surface area contributed by atoms with Crippen LogP contribution in [0, 0.1) is 11.6 Å². The molecule has 148 valence electrons. The van der Waals surface area contributed by atoms with E-state index in [1.54, 1.807) is 33.0 Å². The molecule has 0 bridgehead atoms. The number of pyridine rings is 1. The maximum atomic E-state index is 14.2. The first kappa shape index (κ1) is 20.4. The van der Waals surface area contributed by atoms with Crippen molar-refractivity contribution in [3.05, 3.63) is 51.6 Å². The molecule has 0 aliphatic carbocycles. The van der Waals surface area contributed by atoms with Crippen molar-refractivity contribution in [3.63, 3.8) is 0 Å². The minimum atomic E-state index is -0.902. The Kier molecular flexibility index (Phi) is 5.53. The summed E-state index contributed by atoms with van der Waals surface area (Å²) < 4.78 is 35.8. The molecule has 28 heavy (non-hydrogen) atoms. The van der Waals surface area contributed by atoms with Crippen LogP contribution >= 0.6 is 27.5 Å². The molecule has 0 saturated heterocycles. The summed E-state index contributed by atoms with van der Waals surface area (Å²) in [6.45, 7) is 4.54. The third-order valence-corrected chi connectivity index (χ3v) is 4.12. The summed E-state index contributed by atoms with van der Waals surface area (Å²) in [5.74, 6) is -1.77. The number of amides is 1. The highest BCUT2D eigenvalue weighted by atomic mass is 79.9. The molecule has 0 aromatic carbocycles. The second-order valence-electron chi connectivity index (χ2n) is 6.84. The summed E-state index contributed by atoms with van der Waals surface area (Å²) in [5, 5.41) is 3.86. The van der Waals surface area contributed by atoms with Gasteiger partial charge in [0, 0.05) is 16.2 Å². The number of fused-ring (bicyclic) bond motifs is 1. The Labute approximate surface area is 172 Å². The Morgan fingerprint density at radius 3 is 2.57 bits per heavy atom. The lowest BCUT2D eigenvalue weighted by Crippen LogP contribution is -2.37. The number of hydrogen-bond donors (Lipinski definition) is 0. The Morgan fingerprint density at radius 1 is 1.32 bits per heavy atom. The summed E-state index contributed by atoms with van der Waals surface area (Å²) >= 11 is 9.30. The summed E-state index contributed by atoms with van der Waals surface area (Å²) in [6, 6.07) is 1.64. The number of halogens is 4. The van der Waals surface area contributed by atoms with Crippen molar-refractivity contribution >= 4 is 45.0 Å². The number of rotatable bonds is 3. The predicted molar refractivity (Wildman–Crippen MR) is 102 cm³/mol. The molecule has 3 aromatic rings. The minimum absolute atomic E-state index is 0.0376. The van der Waals surface area contributed by atoms with Crippen LogP contribution in [0.1, 0.15) is 26.3 Å². The number of ether oxygens (including phenoxy) is 1. The molecule has 0 saturated carbocycles. The van der Waals surface area contributed by atoms with E-state index in [9.17, 15) is 13.6 Å². The van der Waals surface area contributed by atoms with Gasteiger partial charge in [-0.15, -0.1) is 5.10 Å². The molecule has 0 atom stereocenters. The van der Waals surface area contributed by atoms with Gasteiger partial charge >= 0.3 is 6.09 Å². The Bertz CT molecular complexity index is 1030. The van der Waals surface area contributed by atoms with Gasteiger partial charge in [0.1, 0.15) is 22.8 Å². The molecule has 0 radical (unpaired) electrons. The standard InChI is InChI=1S/C17H15BrClF2N5O2/c1-17(2,3)28-16(27)25(8-10-11(20)5-22-6-12(10)21)14-13-4-9(18)7-26(13)24-15(19)23-14/h4-7H,8H2,1-3H3. The van der Waals surface area contributed by atoms with Gasteiger partial charge in [0.25, 0.3) is 0 Å². The van der Waals surface area contributed by atoms with Crippen LogP contribution in [0.5, 0.6) is 0 Å². The van der Waals surface area contributed by atoms with E-state index in [-0.39, 0.29) is 16.7 Å². The number of nitrogens with zero attached hydrogens (tertiary/aromatic N) is 5. The van der Waals surface area contributed by atoms with Crippen molar-refractivity contribution in [1.29, 1.82) is 0 Å². The van der Waals surface area contributed by atoms with Crippen LogP contribution in [0.3, 0.4) is 0 Å². The van der Waals surface area contributed by atoms with E-state index in [2.05, 4.69) is 31.0 Å². The lowest BCUT2D eigenvalue weighted by molar-refractivity contribution is 0.0576. The van der Waals surface area contributed by atoms with Crippen molar-refractivity contribution in [2.45, 2.75) is 32.9 Å². The molecule has 3 heterocycles. The van der Waals surface area contributed by atoms with Gasteiger partial charge in [-0.2, -0.15) is 4.98 Å². The topological polar surface area (TPSA) is 72.6 Å². The van der Waals surface area contributed by atoms with Crippen molar-refractivity contribution in [3.8, 4) is 0 Å². The highest BCUT2D eigenvalue weighted by Crippen LogP contribution is 2.28. The molecule has 3 rings (SSSR count). The molecule has 0 fully saturated rings. The van der Waals surface area contributed by atoms with E-state index in [0.717, 1.165) is 17.3 Å². The molecule has 3 aromatic heterocycles. The molecule has 0 spiro atoms. The average molecular weight is 475 g/mol. The summed E-state index contributed by atoms with van der Waals surface area (Å²) in [4.78, 5) is 21.4. The highest BCUT2D eigenvalue weighted by Gasteiger charge is 2.29. The molecule has 0 N–H and O–H groups in total. The third-order valence-electron chi connectivity index (χ3n) is 3.52. The van der Waals surface area contributed by atoms with Crippen molar-refractivity contribution in [2.75, 3.05) is 4.90 Å². The maximum absolute atomic E-state index is 14.2. The molecular formula is C17H15BrClF2N5O2. The molecule has 0 unspecified atom stereocenters. The van der Waals surface area contributed by atoms with Crippen LogP contribution in [0.25, 0.3) is 5.52 Å². The normalized spacial score (nSPS) is 11.7. The second kappa shape index (κ2) is 7.59. The van der Waals surface area contributed by atoms with Crippen LogP contribution in [0.15, 0.2) is 29.1 Å². The monoisotopic (exact) mass is 473 g/mol. The van der Waals surface area contributed by atoms with Crippen molar-refractivity contribution in [1.82, 2.24) is 19.6 Å². The van der Waals surface area contributed by atoms with Crippen LogP contribution in [0.2, 0.25) is 5.28 Å². The average Bonchev–Trinajstić information content (AvgIpc) is 2.92. The first-order valence-corrected chi connectivity index (χ1v) is 9.22. The van der Waals surface area contributed by atoms with Crippen molar-refractivity contribution < 1.29 is 18.3 Å². The summed E-state index contributed by atoms with van der Waals surface area (Å²) in [5.41, 5.74) is -0.822. The molecule has 7 nitrogen and oxygen atoms in total. The van der Waals surface area contributed by atoms with Gasteiger partial charge in [-0.1, -0.05) is 0 Å². The molecule has 1 amide bonds. The quantitative estimate of drug-likeness (QED) is 0.547. The molecular weight excluding hydrogens is 460 g/mol. The first-order valence-electron chi connectivity index (χ1n) is 8.05. The zero-order chi connectivity index (χ0) is 20.6. The van der Waals surface area contributed by atoms with Crippen LogP contribution in [-0.4, -0.2) is 31.3 Å².